The first-order chi connectivity index (χ1) is 12.2. The molecule has 0 aliphatic carbocycles. The largest absolute Gasteiger partial charge is 0.436 e. The van der Waals surface area contributed by atoms with Crippen molar-refractivity contribution >= 4 is 22.7 Å². The lowest BCUT2D eigenvalue weighted by Crippen LogP contribution is -2.11. The molecule has 0 aliphatic heterocycles. The Morgan fingerprint density at radius 3 is 2.36 bits per heavy atom. The number of fused-ring (bicyclic) bond motifs is 1. The van der Waals surface area contributed by atoms with Gasteiger partial charge in [0.15, 0.2) is 5.58 Å². The van der Waals surface area contributed by atoms with Gasteiger partial charge in [-0.3, -0.25) is 4.79 Å². The van der Waals surface area contributed by atoms with Crippen LogP contribution in [0.2, 0.25) is 0 Å². The molecule has 25 heavy (non-hydrogen) atoms. The Labute approximate surface area is 145 Å². The number of aryl methyl sites for hydroxylation is 1. The van der Waals surface area contributed by atoms with E-state index in [-0.39, 0.29) is 5.91 Å². The molecule has 0 saturated heterocycles. The molecule has 1 amide bonds. The zero-order valence-corrected chi connectivity index (χ0v) is 13.7. The second kappa shape index (κ2) is 6.24. The van der Waals surface area contributed by atoms with E-state index < -0.39 is 0 Å². The SMILES string of the molecule is Cc1ccc(C(=O)Nc2ccc(-c3nc4ccccc4o3)cc2)cc1. The summed E-state index contributed by atoms with van der Waals surface area (Å²) in [6, 6.07) is 22.6. The molecule has 1 heterocycles. The summed E-state index contributed by atoms with van der Waals surface area (Å²) < 4.78 is 5.76. The fourth-order valence-electron chi connectivity index (χ4n) is 2.60. The first kappa shape index (κ1) is 15.1. The van der Waals surface area contributed by atoms with Crippen LogP contribution in [0.5, 0.6) is 0 Å². The molecular weight excluding hydrogens is 312 g/mol. The highest BCUT2D eigenvalue weighted by atomic mass is 16.3. The van der Waals surface area contributed by atoms with Gasteiger partial charge in [0.05, 0.1) is 0 Å². The Morgan fingerprint density at radius 2 is 1.64 bits per heavy atom. The lowest BCUT2D eigenvalue weighted by Gasteiger charge is -2.06. The number of hydrogen-bond donors (Lipinski definition) is 1. The number of para-hydroxylation sites is 2. The molecule has 0 fully saturated rings. The minimum absolute atomic E-state index is 0.130. The number of nitrogens with one attached hydrogen (secondary N) is 1. The molecule has 0 spiro atoms. The standard InChI is InChI=1S/C21H16N2O2/c1-14-6-8-15(9-7-14)20(24)22-17-12-10-16(11-13-17)21-23-18-4-2-3-5-19(18)25-21/h2-13H,1H3,(H,22,24). The van der Waals surface area contributed by atoms with Crippen LogP contribution >= 0.6 is 0 Å². The first-order valence-electron chi connectivity index (χ1n) is 8.03. The van der Waals surface area contributed by atoms with Gasteiger partial charge in [-0.2, -0.15) is 0 Å². The topological polar surface area (TPSA) is 55.1 Å². The number of anilines is 1. The molecule has 0 aliphatic rings. The van der Waals surface area contributed by atoms with Gasteiger partial charge in [0.2, 0.25) is 5.89 Å². The highest BCUT2D eigenvalue weighted by Crippen LogP contribution is 2.25. The van der Waals surface area contributed by atoms with Gasteiger partial charge >= 0.3 is 0 Å². The fraction of sp³-hybridized carbons (Fsp3) is 0.0476. The number of carbonyl (C=O) groups is 1. The zero-order valence-electron chi connectivity index (χ0n) is 13.7. The fourth-order valence-corrected chi connectivity index (χ4v) is 2.60. The van der Waals surface area contributed by atoms with Gasteiger partial charge in [-0.15, -0.1) is 0 Å². The smallest absolute Gasteiger partial charge is 0.255 e. The molecule has 4 nitrogen and oxygen atoms in total. The van der Waals surface area contributed by atoms with Gasteiger partial charge in [0, 0.05) is 16.8 Å². The van der Waals surface area contributed by atoms with Crippen LogP contribution in [-0.4, -0.2) is 10.9 Å². The van der Waals surface area contributed by atoms with Crippen molar-refractivity contribution in [3.63, 3.8) is 0 Å². The summed E-state index contributed by atoms with van der Waals surface area (Å²) in [4.78, 5) is 16.7. The number of aromatic nitrogens is 1. The Hall–Kier alpha value is -3.40. The maximum atomic E-state index is 12.3. The monoisotopic (exact) mass is 328 g/mol. The van der Waals surface area contributed by atoms with E-state index in [1.165, 1.54) is 0 Å². The Morgan fingerprint density at radius 1 is 0.920 bits per heavy atom. The molecule has 4 heteroatoms. The highest BCUT2D eigenvalue weighted by Gasteiger charge is 2.09. The third-order valence-corrected chi connectivity index (χ3v) is 4.00. The van der Waals surface area contributed by atoms with Gasteiger partial charge in [-0.1, -0.05) is 29.8 Å². The number of carbonyl (C=O) groups excluding carboxylic acids is 1. The van der Waals surface area contributed by atoms with E-state index in [0.717, 1.165) is 27.9 Å². The van der Waals surface area contributed by atoms with Gasteiger partial charge < -0.3 is 9.73 Å². The zero-order chi connectivity index (χ0) is 17.2. The van der Waals surface area contributed by atoms with Gasteiger partial charge in [-0.05, 0) is 55.5 Å². The average molecular weight is 328 g/mol. The molecule has 1 aromatic heterocycles. The molecule has 0 bridgehead atoms. The van der Waals surface area contributed by atoms with Crippen molar-refractivity contribution < 1.29 is 9.21 Å². The number of nitrogens with zero attached hydrogens (tertiary/aromatic N) is 1. The van der Waals surface area contributed by atoms with E-state index in [9.17, 15) is 4.79 Å². The number of rotatable bonds is 3. The predicted octanol–water partition coefficient (Wildman–Crippen LogP) is 5.06. The van der Waals surface area contributed by atoms with Crippen LogP contribution in [-0.2, 0) is 0 Å². The summed E-state index contributed by atoms with van der Waals surface area (Å²) in [5.74, 6) is 0.437. The quantitative estimate of drug-likeness (QED) is 0.572. The summed E-state index contributed by atoms with van der Waals surface area (Å²) in [7, 11) is 0. The van der Waals surface area contributed by atoms with Gasteiger partial charge in [0.25, 0.3) is 5.91 Å². The van der Waals surface area contributed by atoms with Crippen LogP contribution in [0.4, 0.5) is 5.69 Å². The molecule has 0 atom stereocenters. The van der Waals surface area contributed by atoms with Crippen molar-refractivity contribution in [2.24, 2.45) is 0 Å². The van der Waals surface area contributed by atoms with Crippen molar-refractivity contribution in [3.05, 3.63) is 83.9 Å². The van der Waals surface area contributed by atoms with Gasteiger partial charge in [0.1, 0.15) is 5.52 Å². The molecule has 3 aromatic carbocycles. The number of amides is 1. The van der Waals surface area contributed by atoms with E-state index in [1.54, 1.807) is 0 Å². The normalized spacial score (nSPS) is 10.8. The summed E-state index contributed by atoms with van der Waals surface area (Å²) in [5, 5.41) is 2.89. The predicted molar refractivity (Wildman–Crippen MR) is 98.6 cm³/mol. The molecule has 4 aromatic rings. The molecule has 1 N–H and O–H groups in total. The molecule has 0 unspecified atom stereocenters. The van der Waals surface area contributed by atoms with E-state index in [2.05, 4.69) is 10.3 Å². The summed E-state index contributed by atoms with van der Waals surface area (Å²) in [5.41, 5.74) is 4.94. The average Bonchev–Trinajstić information content (AvgIpc) is 3.07. The van der Waals surface area contributed by atoms with Crippen LogP contribution in [0.1, 0.15) is 15.9 Å². The number of hydrogen-bond acceptors (Lipinski definition) is 3. The Bertz CT molecular complexity index is 999. The Kier molecular flexibility index (Phi) is 3.78. The molecule has 0 saturated carbocycles. The molecule has 122 valence electrons. The number of benzene rings is 3. The van der Waals surface area contributed by atoms with Crippen molar-refractivity contribution in [2.75, 3.05) is 5.32 Å². The van der Waals surface area contributed by atoms with E-state index >= 15 is 0 Å². The van der Waals surface area contributed by atoms with E-state index in [4.69, 9.17) is 4.42 Å². The van der Waals surface area contributed by atoms with E-state index in [0.29, 0.717) is 11.5 Å². The van der Waals surface area contributed by atoms with Crippen LogP contribution in [0, 0.1) is 6.92 Å². The summed E-state index contributed by atoms with van der Waals surface area (Å²) in [6.45, 7) is 1.99. The second-order valence-electron chi connectivity index (χ2n) is 5.88. The lowest BCUT2D eigenvalue weighted by atomic mass is 10.1. The van der Waals surface area contributed by atoms with Crippen molar-refractivity contribution in [2.45, 2.75) is 6.92 Å². The summed E-state index contributed by atoms with van der Waals surface area (Å²) in [6.07, 6.45) is 0. The van der Waals surface area contributed by atoms with Crippen LogP contribution in [0.3, 0.4) is 0 Å². The second-order valence-corrected chi connectivity index (χ2v) is 5.88. The van der Waals surface area contributed by atoms with Crippen LogP contribution < -0.4 is 5.32 Å². The maximum Gasteiger partial charge on any atom is 0.255 e. The highest BCUT2D eigenvalue weighted by molar-refractivity contribution is 6.04. The minimum Gasteiger partial charge on any atom is -0.436 e. The summed E-state index contributed by atoms with van der Waals surface area (Å²) >= 11 is 0. The van der Waals surface area contributed by atoms with Crippen LogP contribution in [0.25, 0.3) is 22.6 Å². The Balaban J connectivity index is 1.53. The number of oxazole rings is 1. The van der Waals surface area contributed by atoms with Crippen molar-refractivity contribution in [3.8, 4) is 11.5 Å². The third kappa shape index (κ3) is 3.15. The lowest BCUT2D eigenvalue weighted by molar-refractivity contribution is 0.102. The van der Waals surface area contributed by atoms with Crippen molar-refractivity contribution in [1.82, 2.24) is 4.98 Å². The van der Waals surface area contributed by atoms with Crippen molar-refractivity contribution in [1.29, 1.82) is 0 Å². The third-order valence-electron chi connectivity index (χ3n) is 4.00. The van der Waals surface area contributed by atoms with Crippen LogP contribution in [0.15, 0.2) is 77.2 Å². The minimum atomic E-state index is -0.130. The molecule has 0 radical (unpaired) electrons. The first-order valence-corrected chi connectivity index (χ1v) is 8.03. The van der Waals surface area contributed by atoms with E-state index in [1.807, 2.05) is 79.7 Å². The molecule has 4 rings (SSSR count). The maximum absolute atomic E-state index is 12.3. The van der Waals surface area contributed by atoms with Gasteiger partial charge in [-0.25, -0.2) is 4.98 Å². The molecular formula is C21H16N2O2.